The highest BCUT2D eigenvalue weighted by Gasteiger charge is 2.27. The monoisotopic (exact) mass is 392 g/mol. The molecule has 0 N–H and O–H groups in total. The third kappa shape index (κ3) is 3.66. The Morgan fingerprint density at radius 2 is 1.12 bits per heavy atom. The van der Waals surface area contributed by atoms with Crippen LogP contribution in [0.1, 0.15) is 10.4 Å². The molecule has 3 aromatic carbocycles. The first-order valence-corrected chi connectivity index (χ1v) is 9.64. The molecule has 0 saturated heterocycles. The zero-order chi connectivity index (χ0) is 17.1. The van der Waals surface area contributed by atoms with Gasteiger partial charge < -0.3 is 0 Å². The van der Waals surface area contributed by atoms with E-state index < -0.39 is 7.92 Å². The van der Waals surface area contributed by atoms with Gasteiger partial charge in [-0.1, -0.05) is 95.5 Å². The lowest BCUT2D eigenvalue weighted by Crippen LogP contribution is -2.18. The maximum Gasteiger partial charge on any atom is 0.196 e. The van der Waals surface area contributed by atoms with E-state index in [1.54, 1.807) is 12.1 Å². The fourth-order valence-corrected chi connectivity index (χ4v) is 5.69. The Morgan fingerprint density at radius 3 is 1.54 bits per heavy atom. The van der Waals surface area contributed by atoms with Crippen molar-refractivity contribution in [2.45, 2.75) is 0 Å². The van der Waals surface area contributed by atoms with E-state index in [-0.39, 0.29) is 15.6 Å². The van der Waals surface area contributed by atoms with Crippen molar-refractivity contribution in [2.24, 2.45) is 0 Å². The Morgan fingerprint density at radius 1 is 0.708 bits per heavy atom. The zero-order valence-corrected chi connectivity index (χ0v) is 15.6. The summed E-state index contributed by atoms with van der Waals surface area (Å²) in [4.78, 5) is 13.3. The maximum atomic E-state index is 13.3. The molecular weight excluding hydrogens is 382 g/mol. The molecule has 0 unspecified atom stereocenters. The summed E-state index contributed by atoms with van der Waals surface area (Å²) in [7, 11) is -1.28. The van der Waals surface area contributed by atoms with Crippen molar-refractivity contribution in [2.75, 3.05) is 0 Å². The molecule has 0 heterocycles. The van der Waals surface area contributed by atoms with Crippen LogP contribution in [0.3, 0.4) is 0 Å². The number of benzene rings is 3. The predicted octanol–water partition coefficient (Wildman–Crippen LogP) is 5.92. The molecule has 3 aromatic rings. The van der Waals surface area contributed by atoms with Crippen molar-refractivity contribution in [3.8, 4) is 0 Å². The number of rotatable bonds is 4. The highest BCUT2D eigenvalue weighted by Crippen LogP contribution is 2.42. The van der Waals surface area contributed by atoms with Crippen molar-refractivity contribution in [3.63, 3.8) is 0 Å². The summed E-state index contributed by atoms with van der Waals surface area (Å²) in [6, 6.07) is 22.4. The lowest BCUT2D eigenvalue weighted by molar-refractivity contribution is 0.108. The van der Waals surface area contributed by atoms with E-state index in [4.69, 9.17) is 34.8 Å². The van der Waals surface area contributed by atoms with Gasteiger partial charge in [-0.3, -0.25) is 4.79 Å². The molecule has 0 atom stereocenters. The van der Waals surface area contributed by atoms with Crippen LogP contribution in [0.15, 0.2) is 72.8 Å². The van der Waals surface area contributed by atoms with Crippen molar-refractivity contribution >= 4 is 58.9 Å². The van der Waals surface area contributed by atoms with Crippen LogP contribution >= 0.6 is 42.7 Å². The largest absolute Gasteiger partial charge is 0.288 e. The van der Waals surface area contributed by atoms with Crippen LogP contribution in [0.25, 0.3) is 0 Å². The highest BCUT2D eigenvalue weighted by atomic mass is 35.5. The summed E-state index contributed by atoms with van der Waals surface area (Å²) in [5.41, 5.74) is 0.232. The third-order valence-corrected chi connectivity index (χ3v) is 6.53. The van der Waals surface area contributed by atoms with Gasteiger partial charge in [0, 0.05) is 12.9 Å². The van der Waals surface area contributed by atoms with Crippen LogP contribution in [-0.4, -0.2) is 5.52 Å². The summed E-state index contributed by atoms with van der Waals surface area (Å²) >= 11 is 18.5. The van der Waals surface area contributed by atoms with Gasteiger partial charge in [0.25, 0.3) is 0 Å². The van der Waals surface area contributed by atoms with E-state index in [1.165, 1.54) is 0 Å². The smallest absolute Gasteiger partial charge is 0.196 e. The molecule has 3 rings (SSSR count). The maximum absolute atomic E-state index is 13.3. The van der Waals surface area contributed by atoms with Gasteiger partial charge in [-0.15, -0.1) is 0 Å². The van der Waals surface area contributed by atoms with E-state index >= 15 is 0 Å². The molecule has 0 aliphatic rings. The second kappa shape index (κ2) is 7.68. The summed E-state index contributed by atoms with van der Waals surface area (Å²) in [6.45, 7) is 0. The average Bonchev–Trinajstić information content (AvgIpc) is 2.56. The summed E-state index contributed by atoms with van der Waals surface area (Å²) < 4.78 is 0. The van der Waals surface area contributed by atoms with E-state index in [0.29, 0.717) is 10.6 Å². The van der Waals surface area contributed by atoms with Crippen LogP contribution in [0.2, 0.25) is 15.1 Å². The molecule has 0 radical (unpaired) electrons. The number of hydrogen-bond donors (Lipinski definition) is 0. The van der Waals surface area contributed by atoms with Gasteiger partial charge >= 0.3 is 0 Å². The van der Waals surface area contributed by atoms with Crippen molar-refractivity contribution < 1.29 is 4.79 Å². The summed E-state index contributed by atoms with van der Waals surface area (Å²) in [6.07, 6.45) is 0. The third-order valence-electron chi connectivity index (χ3n) is 3.45. The highest BCUT2D eigenvalue weighted by molar-refractivity contribution is 7.88. The fraction of sp³-hybridized carbons (Fsp3) is 0. The zero-order valence-electron chi connectivity index (χ0n) is 12.4. The SMILES string of the molecule is O=C(c1c(Cl)cc(Cl)cc1Cl)P(c1ccccc1)c1ccccc1. The number of hydrogen-bond acceptors (Lipinski definition) is 1. The molecular formula is C19H12Cl3OP. The Kier molecular flexibility index (Phi) is 5.58. The van der Waals surface area contributed by atoms with E-state index in [0.717, 1.165) is 10.6 Å². The van der Waals surface area contributed by atoms with Gasteiger partial charge in [-0.05, 0) is 22.7 Å². The molecule has 120 valence electrons. The Balaban J connectivity index is 2.15. The van der Waals surface area contributed by atoms with Gasteiger partial charge in [-0.2, -0.15) is 0 Å². The lowest BCUT2D eigenvalue weighted by Gasteiger charge is -2.18. The Bertz CT molecular complexity index is 804. The first-order chi connectivity index (χ1) is 11.6. The van der Waals surface area contributed by atoms with Crippen LogP contribution in [0.5, 0.6) is 0 Å². The summed E-state index contributed by atoms with van der Waals surface area (Å²) in [5, 5.41) is 2.86. The van der Waals surface area contributed by atoms with Gasteiger partial charge in [0.1, 0.15) is 0 Å². The first kappa shape index (κ1) is 17.5. The second-order valence-corrected chi connectivity index (χ2v) is 8.42. The molecule has 0 aromatic heterocycles. The van der Waals surface area contributed by atoms with Crippen molar-refractivity contribution in [3.05, 3.63) is 93.4 Å². The number of carbonyl (C=O) groups is 1. The molecule has 0 aliphatic heterocycles. The summed E-state index contributed by atoms with van der Waals surface area (Å²) in [5.74, 6) is 0. The van der Waals surface area contributed by atoms with E-state index in [2.05, 4.69) is 0 Å². The average molecular weight is 394 g/mol. The molecule has 0 aliphatic carbocycles. The molecule has 1 nitrogen and oxygen atoms in total. The fourth-order valence-electron chi connectivity index (χ4n) is 2.40. The van der Waals surface area contributed by atoms with Crippen molar-refractivity contribution in [1.82, 2.24) is 0 Å². The normalized spacial score (nSPS) is 10.8. The van der Waals surface area contributed by atoms with Crippen LogP contribution < -0.4 is 10.6 Å². The minimum absolute atomic E-state index is 0.0888. The molecule has 0 spiro atoms. The van der Waals surface area contributed by atoms with Gasteiger partial charge in [0.05, 0.1) is 15.6 Å². The molecule has 5 heteroatoms. The minimum Gasteiger partial charge on any atom is -0.288 e. The topological polar surface area (TPSA) is 17.1 Å². The molecule has 0 amide bonds. The molecule has 0 fully saturated rings. The molecule has 0 saturated carbocycles. The number of halogens is 3. The molecule has 0 bridgehead atoms. The molecule has 24 heavy (non-hydrogen) atoms. The minimum atomic E-state index is -1.28. The lowest BCUT2D eigenvalue weighted by atomic mass is 10.2. The first-order valence-electron chi connectivity index (χ1n) is 7.17. The van der Waals surface area contributed by atoms with E-state index in [9.17, 15) is 4.79 Å². The standard InChI is InChI=1S/C19H12Cl3OP/c20-13-11-16(21)18(17(22)12-13)19(23)24(14-7-3-1-4-8-14)15-9-5-2-6-10-15/h1-12H. The Labute approximate surface area is 156 Å². The second-order valence-electron chi connectivity index (χ2n) is 5.06. The Hall–Kier alpha value is -1.37. The van der Waals surface area contributed by atoms with Gasteiger partial charge in [0.2, 0.25) is 0 Å². The van der Waals surface area contributed by atoms with Crippen molar-refractivity contribution in [1.29, 1.82) is 0 Å². The van der Waals surface area contributed by atoms with E-state index in [1.807, 2.05) is 60.7 Å². The van der Waals surface area contributed by atoms with Gasteiger partial charge in [-0.25, -0.2) is 0 Å². The number of carbonyl (C=O) groups excluding carboxylic acids is 1. The van der Waals surface area contributed by atoms with Gasteiger partial charge in [0.15, 0.2) is 5.52 Å². The van der Waals surface area contributed by atoms with Crippen LogP contribution in [0.4, 0.5) is 0 Å². The van der Waals surface area contributed by atoms with Crippen LogP contribution in [0, 0.1) is 0 Å². The quantitative estimate of drug-likeness (QED) is 0.503. The van der Waals surface area contributed by atoms with Crippen LogP contribution in [-0.2, 0) is 0 Å². The predicted molar refractivity (Wildman–Crippen MR) is 105 cm³/mol.